The lowest BCUT2D eigenvalue weighted by atomic mass is 9.65. The molecule has 0 N–H and O–H groups in total. The van der Waals surface area contributed by atoms with Gasteiger partial charge in [-0.3, -0.25) is 0 Å². The van der Waals surface area contributed by atoms with Gasteiger partial charge >= 0.3 is 0 Å². The third-order valence-electron chi connectivity index (χ3n) is 7.69. The molecule has 0 amide bonds. The molecule has 1 aliphatic carbocycles. The first-order valence-electron chi connectivity index (χ1n) is 11.0. The lowest BCUT2D eigenvalue weighted by Gasteiger charge is -2.40. The van der Waals surface area contributed by atoms with Crippen LogP contribution in [-0.4, -0.2) is 25.0 Å². The second-order valence-corrected chi connectivity index (χ2v) is 9.52. The van der Waals surface area contributed by atoms with Crippen molar-refractivity contribution in [2.75, 3.05) is 13.2 Å². The van der Waals surface area contributed by atoms with E-state index in [0.717, 1.165) is 24.6 Å². The zero-order valence-corrected chi connectivity index (χ0v) is 18.0. The van der Waals surface area contributed by atoms with Gasteiger partial charge in [-0.15, -0.1) is 0 Å². The highest BCUT2D eigenvalue weighted by Gasteiger charge is 2.58. The van der Waals surface area contributed by atoms with Crippen LogP contribution < -0.4 is 0 Å². The maximum absolute atomic E-state index is 6.21. The Kier molecular flexibility index (Phi) is 4.68. The summed E-state index contributed by atoms with van der Waals surface area (Å²) in [5.41, 5.74) is 2.26. The molecule has 4 heteroatoms. The summed E-state index contributed by atoms with van der Waals surface area (Å²) < 4.78 is 12.4. The molecule has 0 spiro atoms. The first kappa shape index (κ1) is 19.3. The fourth-order valence-electron chi connectivity index (χ4n) is 5.27. The molecule has 4 atom stereocenters. The number of benzene rings is 2. The molecule has 0 unspecified atom stereocenters. The molecule has 4 nitrogen and oxygen atoms in total. The average molecular weight is 403 g/mol. The summed E-state index contributed by atoms with van der Waals surface area (Å²) in [5, 5.41) is 0. The number of aliphatic imine (C=N–C) groups is 2. The van der Waals surface area contributed by atoms with Crippen LogP contribution in [0.25, 0.3) is 0 Å². The van der Waals surface area contributed by atoms with Crippen LogP contribution in [0.3, 0.4) is 0 Å². The van der Waals surface area contributed by atoms with Crippen molar-refractivity contribution in [3.8, 4) is 0 Å². The molecular formula is C26H30N2O2. The molecule has 0 radical (unpaired) electrons. The molecule has 1 saturated carbocycles. The SMILES string of the molecule is CC1(C)[C@@H](C2=N[C@@H](c3ccccc3)CO2)CC[C@@]1(C)C1=N[C@@H](c2ccccc2)CO1. The highest BCUT2D eigenvalue weighted by Crippen LogP contribution is 2.58. The number of nitrogens with zero attached hydrogens (tertiary/aromatic N) is 2. The van der Waals surface area contributed by atoms with E-state index in [4.69, 9.17) is 19.5 Å². The Morgan fingerprint density at radius 1 is 0.767 bits per heavy atom. The van der Waals surface area contributed by atoms with Crippen LogP contribution in [-0.2, 0) is 9.47 Å². The van der Waals surface area contributed by atoms with Crippen molar-refractivity contribution in [1.82, 2.24) is 0 Å². The van der Waals surface area contributed by atoms with E-state index in [-0.39, 0.29) is 28.8 Å². The van der Waals surface area contributed by atoms with Crippen molar-refractivity contribution < 1.29 is 9.47 Å². The van der Waals surface area contributed by atoms with Gasteiger partial charge in [0.05, 0.1) is 0 Å². The van der Waals surface area contributed by atoms with Gasteiger partial charge in [0.2, 0.25) is 0 Å². The molecule has 156 valence electrons. The minimum atomic E-state index is -0.127. The maximum Gasteiger partial charge on any atom is 0.190 e. The summed E-state index contributed by atoms with van der Waals surface area (Å²) in [7, 11) is 0. The van der Waals surface area contributed by atoms with Crippen LogP contribution in [0.15, 0.2) is 70.6 Å². The molecule has 0 bridgehead atoms. The maximum atomic E-state index is 6.21. The zero-order valence-electron chi connectivity index (χ0n) is 18.0. The van der Waals surface area contributed by atoms with Crippen LogP contribution in [0.1, 0.15) is 56.8 Å². The van der Waals surface area contributed by atoms with Crippen molar-refractivity contribution in [1.29, 1.82) is 0 Å². The smallest absolute Gasteiger partial charge is 0.190 e. The minimum absolute atomic E-state index is 0.0537. The first-order valence-corrected chi connectivity index (χ1v) is 11.0. The summed E-state index contributed by atoms with van der Waals surface area (Å²) >= 11 is 0. The van der Waals surface area contributed by atoms with Gasteiger partial charge in [-0.1, -0.05) is 81.4 Å². The standard InChI is InChI=1S/C26H30N2O2/c1-25(2)20(23-27-21(16-29-23)18-10-6-4-7-11-18)14-15-26(25,3)24-28-22(17-30-24)19-12-8-5-9-13-19/h4-13,20-22H,14-17H2,1-3H3/t20-,21-,22-,26+/m1/s1. The molecule has 1 fully saturated rings. The fraction of sp³-hybridized carbons (Fsp3) is 0.462. The van der Waals surface area contributed by atoms with Crippen molar-refractivity contribution >= 4 is 11.8 Å². The van der Waals surface area contributed by atoms with E-state index in [9.17, 15) is 0 Å². The molecule has 0 aromatic heterocycles. The van der Waals surface area contributed by atoms with Gasteiger partial charge in [0, 0.05) is 11.3 Å². The summed E-state index contributed by atoms with van der Waals surface area (Å²) in [5.74, 6) is 2.09. The van der Waals surface area contributed by atoms with Crippen molar-refractivity contribution in [3.63, 3.8) is 0 Å². The molecular weight excluding hydrogens is 372 g/mol. The third kappa shape index (κ3) is 3.05. The van der Waals surface area contributed by atoms with E-state index >= 15 is 0 Å². The van der Waals surface area contributed by atoms with Crippen LogP contribution in [0.5, 0.6) is 0 Å². The van der Waals surface area contributed by atoms with Crippen molar-refractivity contribution in [2.24, 2.45) is 26.7 Å². The van der Waals surface area contributed by atoms with Gasteiger partial charge in [0.25, 0.3) is 0 Å². The van der Waals surface area contributed by atoms with Gasteiger partial charge in [-0.2, -0.15) is 0 Å². The zero-order chi connectivity index (χ0) is 20.8. The Bertz CT molecular complexity index is 967. The highest BCUT2D eigenvalue weighted by molar-refractivity contribution is 5.89. The van der Waals surface area contributed by atoms with Gasteiger partial charge in [-0.25, -0.2) is 9.98 Å². The number of hydrogen-bond donors (Lipinski definition) is 0. The van der Waals surface area contributed by atoms with Crippen molar-refractivity contribution in [3.05, 3.63) is 71.8 Å². The summed E-state index contributed by atoms with van der Waals surface area (Å²) in [6.07, 6.45) is 2.08. The van der Waals surface area contributed by atoms with E-state index in [0.29, 0.717) is 13.2 Å². The van der Waals surface area contributed by atoms with Crippen LogP contribution >= 0.6 is 0 Å². The van der Waals surface area contributed by atoms with Crippen molar-refractivity contribution in [2.45, 2.75) is 45.7 Å². The van der Waals surface area contributed by atoms with E-state index in [1.54, 1.807) is 0 Å². The lowest BCUT2D eigenvalue weighted by molar-refractivity contribution is 0.139. The van der Waals surface area contributed by atoms with Gasteiger partial charge in [0.15, 0.2) is 11.8 Å². The summed E-state index contributed by atoms with van der Waals surface area (Å²) in [6, 6.07) is 21.1. The van der Waals surface area contributed by atoms with E-state index in [1.807, 2.05) is 12.1 Å². The van der Waals surface area contributed by atoms with Crippen LogP contribution in [0.4, 0.5) is 0 Å². The molecule has 0 saturated heterocycles. The van der Waals surface area contributed by atoms with E-state index in [1.165, 1.54) is 11.1 Å². The van der Waals surface area contributed by atoms with Gasteiger partial charge in [-0.05, 0) is 29.4 Å². The molecule has 3 aliphatic rings. The third-order valence-corrected chi connectivity index (χ3v) is 7.69. The number of ether oxygens (including phenoxy) is 2. The topological polar surface area (TPSA) is 43.2 Å². The first-order chi connectivity index (χ1) is 14.5. The summed E-state index contributed by atoms with van der Waals surface area (Å²) in [6.45, 7) is 8.23. The summed E-state index contributed by atoms with van der Waals surface area (Å²) in [4.78, 5) is 10.0. The number of rotatable bonds is 4. The molecule has 2 aromatic rings. The van der Waals surface area contributed by atoms with Gasteiger partial charge < -0.3 is 9.47 Å². The van der Waals surface area contributed by atoms with Crippen LogP contribution in [0, 0.1) is 16.7 Å². The fourth-order valence-corrected chi connectivity index (χ4v) is 5.27. The quantitative estimate of drug-likeness (QED) is 0.652. The average Bonchev–Trinajstić information content (AvgIpc) is 3.49. The van der Waals surface area contributed by atoms with Crippen LogP contribution in [0.2, 0.25) is 0 Å². The normalized spacial score (nSPS) is 32.3. The van der Waals surface area contributed by atoms with E-state index < -0.39 is 0 Å². The Morgan fingerprint density at radius 2 is 1.33 bits per heavy atom. The molecule has 2 aromatic carbocycles. The molecule has 2 aliphatic heterocycles. The predicted octanol–water partition coefficient (Wildman–Crippen LogP) is 5.77. The monoisotopic (exact) mass is 402 g/mol. The van der Waals surface area contributed by atoms with Gasteiger partial charge in [0.1, 0.15) is 25.3 Å². The second-order valence-electron chi connectivity index (χ2n) is 9.52. The highest BCUT2D eigenvalue weighted by atomic mass is 16.5. The second kappa shape index (κ2) is 7.26. The minimum Gasteiger partial charge on any atom is -0.478 e. The molecule has 2 heterocycles. The molecule has 30 heavy (non-hydrogen) atoms. The predicted molar refractivity (Wildman–Crippen MR) is 120 cm³/mol. The Labute approximate surface area is 179 Å². The number of hydrogen-bond acceptors (Lipinski definition) is 4. The largest absolute Gasteiger partial charge is 0.478 e. The Morgan fingerprint density at radius 3 is 1.97 bits per heavy atom. The van der Waals surface area contributed by atoms with E-state index in [2.05, 4.69) is 69.3 Å². The Balaban J connectivity index is 1.39. The lowest BCUT2D eigenvalue weighted by Crippen LogP contribution is -2.43. The Hall–Kier alpha value is -2.62. The molecule has 5 rings (SSSR count).